The van der Waals surface area contributed by atoms with Crippen LogP contribution in [0.2, 0.25) is 0 Å². The molecule has 3 N–H and O–H groups in total. The fourth-order valence-electron chi connectivity index (χ4n) is 7.21. The van der Waals surface area contributed by atoms with Crippen molar-refractivity contribution in [1.29, 1.82) is 0 Å². The van der Waals surface area contributed by atoms with E-state index < -0.39 is 80.4 Å². The molecule has 0 fully saturated rings. The molecule has 0 saturated carbocycles. The highest BCUT2D eigenvalue weighted by Crippen LogP contribution is 2.41. The van der Waals surface area contributed by atoms with Gasteiger partial charge < -0.3 is 15.0 Å². The van der Waals surface area contributed by atoms with E-state index in [2.05, 4.69) is 19.9 Å². The lowest BCUT2D eigenvalue weighted by Gasteiger charge is -2.10. The molecule has 1 aliphatic rings. The average Bonchev–Trinajstić information content (AvgIpc) is 4.07. The average molecular weight is 797 g/mol. The number of fused-ring (bicyclic) bond motifs is 9. The minimum atomic E-state index is -2.35. The predicted molar refractivity (Wildman–Crippen MR) is 201 cm³/mol. The van der Waals surface area contributed by atoms with Crippen LogP contribution in [0.4, 0.5) is 43.9 Å². The number of hydrogen-bond donors (Lipinski definition) is 3. The van der Waals surface area contributed by atoms with Crippen molar-refractivity contribution in [3.63, 3.8) is 0 Å². The van der Waals surface area contributed by atoms with Crippen LogP contribution in [0.25, 0.3) is 89.8 Å². The van der Waals surface area contributed by atoms with Crippen LogP contribution in [0.15, 0.2) is 84.9 Å². The van der Waals surface area contributed by atoms with E-state index in [-0.39, 0.29) is 44.5 Å². The monoisotopic (exact) mass is 796 g/mol. The molecule has 9 rings (SSSR count). The number of nitrogens with one attached hydrogen (secondary N) is 3. The van der Waals surface area contributed by atoms with Crippen LogP contribution >= 0.6 is 0 Å². The number of H-pyrrole nitrogens is 3. The Hall–Kier alpha value is -7.09. The summed E-state index contributed by atoms with van der Waals surface area (Å²) in [5.74, 6) is -21.8. The Labute approximate surface area is 320 Å². The zero-order valence-electron chi connectivity index (χ0n) is 29.5. The maximum absolute atomic E-state index is 15.6. The topological polar surface area (TPSA) is 60.3 Å². The molecular formula is C44H22F10N4. The normalized spacial score (nSPS) is 12.0. The number of nitrogens with zero attached hydrogens (tertiary/aromatic N) is 1. The molecule has 1 aliphatic heterocycles. The number of aryl methyl sites for hydroxylation is 1. The van der Waals surface area contributed by atoms with Gasteiger partial charge in [-0.05, 0) is 72.2 Å². The van der Waals surface area contributed by atoms with Crippen LogP contribution in [-0.2, 0) is 0 Å². The van der Waals surface area contributed by atoms with Gasteiger partial charge in [0.25, 0.3) is 0 Å². The van der Waals surface area contributed by atoms with E-state index in [4.69, 9.17) is 0 Å². The summed E-state index contributed by atoms with van der Waals surface area (Å²) in [6.45, 7) is 1.94. The Morgan fingerprint density at radius 2 is 0.638 bits per heavy atom. The zero-order chi connectivity index (χ0) is 40.7. The Morgan fingerprint density at radius 1 is 0.310 bits per heavy atom. The molecule has 288 valence electrons. The van der Waals surface area contributed by atoms with Crippen molar-refractivity contribution in [3.05, 3.63) is 160 Å². The number of benzene rings is 4. The maximum atomic E-state index is 15.6. The van der Waals surface area contributed by atoms with Gasteiger partial charge in [0.1, 0.15) is 0 Å². The first-order valence-corrected chi connectivity index (χ1v) is 17.4. The lowest BCUT2D eigenvalue weighted by atomic mass is 9.99. The van der Waals surface area contributed by atoms with Crippen molar-refractivity contribution in [2.24, 2.45) is 0 Å². The van der Waals surface area contributed by atoms with Gasteiger partial charge in [-0.25, -0.2) is 48.9 Å². The van der Waals surface area contributed by atoms with Gasteiger partial charge >= 0.3 is 0 Å². The SMILES string of the molecule is Cc1ccc(-c2ccc(-c3c4ccc([nH]4)c(-c4c(F)c(F)c(F)c(F)c4F)c4nc(c5ccc([nH]5)c(-c5c(F)c(F)c(F)c(F)c5F)c5ccc3[nH]5)C=C4)cc2)cc1. The summed E-state index contributed by atoms with van der Waals surface area (Å²) in [7, 11) is 0. The molecule has 8 aromatic rings. The van der Waals surface area contributed by atoms with E-state index in [1.807, 2.05) is 43.3 Å². The van der Waals surface area contributed by atoms with E-state index >= 15 is 17.6 Å². The molecule has 0 unspecified atom stereocenters. The summed E-state index contributed by atoms with van der Waals surface area (Å²) in [4.78, 5) is 13.4. The second kappa shape index (κ2) is 13.5. The molecule has 0 aliphatic carbocycles. The van der Waals surface area contributed by atoms with Gasteiger partial charge in [0.15, 0.2) is 46.5 Å². The van der Waals surface area contributed by atoms with Gasteiger partial charge in [0.2, 0.25) is 11.6 Å². The van der Waals surface area contributed by atoms with Gasteiger partial charge in [-0.3, -0.25) is 0 Å². The number of hydrogen-bond acceptors (Lipinski definition) is 1. The van der Waals surface area contributed by atoms with Crippen LogP contribution in [0.3, 0.4) is 0 Å². The first-order chi connectivity index (χ1) is 27.8. The van der Waals surface area contributed by atoms with E-state index in [0.717, 1.165) is 16.7 Å². The summed E-state index contributed by atoms with van der Waals surface area (Å²) >= 11 is 0. The smallest absolute Gasteiger partial charge is 0.200 e. The summed E-state index contributed by atoms with van der Waals surface area (Å²) in [6, 6.07) is 23.2. The standard InChI is InChI=1S/C44H22F10N4/c1-18-2-4-19(5-3-18)20-6-8-21(9-7-20)30-24-14-16-28(57-24)31(33-35(45)39(49)43(53)40(50)36(33)46)26-12-10-22(55-26)23-11-13-27(56-23)32(29-17-15-25(30)58-29)34-37(47)41(51)44(54)42(52)38(34)48/h2-17,55,57-58H,1H3. The molecule has 8 bridgehead atoms. The summed E-state index contributed by atoms with van der Waals surface area (Å²) in [5.41, 5.74) is 0.0815. The predicted octanol–water partition coefficient (Wildman–Crippen LogP) is 13.1. The number of aromatic amines is 3. The largest absolute Gasteiger partial charge is 0.354 e. The fourth-order valence-corrected chi connectivity index (χ4v) is 7.21. The molecule has 0 saturated heterocycles. The molecule has 58 heavy (non-hydrogen) atoms. The lowest BCUT2D eigenvalue weighted by molar-refractivity contribution is 0.381. The van der Waals surface area contributed by atoms with Crippen LogP contribution in [0, 0.1) is 65.1 Å². The fraction of sp³-hybridized carbons (Fsp3) is 0.0227. The first kappa shape index (κ1) is 36.5. The molecule has 0 amide bonds. The Kier molecular flexibility index (Phi) is 8.53. The van der Waals surface area contributed by atoms with Crippen LogP contribution in [-0.4, -0.2) is 19.9 Å². The molecule has 14 heteroatoms. The molecule has 0 radical (unpaired) electrons. The summed E-state index contributed by atoms with van der Waals surface area (Å²) in [5, 5.41) is 0. The minimum Gasteiger partial charge on any atom is -0.354 e. The molecular weight excluding hydrogens is 774 g/mol. The van der Waals surface area contributed by atoms with Crippen molar-refractivity contribution in [2.45, 2.75) is 6.92 Å². The summed E-state index contributed by atoms with van der Waals surface area (Å²) in [6.07, 6.45) is 2.60. The molecule has 4 nitrogen and oxygen atoms in total. The minimum absolute atomic E-state index is 0.0223. The van der Waals surface area contributed by atoms with Crippen molar-refractivity contribution in [2.75, 3.05) is 0 Å². The molecule has 0 atom stereocenters. The van der Waals surface area contributed by atoms with E-state index in [1.165, 1.54) is 48.6 Å². The van der Waals surface area contributed by atoms with Gasteiger partial charge in [-0.2, -0.15) is 0 Å². The van der Waals surface area contributed by atoms with Crippen LogP contribution in [0.5, 0.6) is 0 Å². The zero-order valence-corrected chi connectivity index (χ0v) is 29.5. The Morgan fingerprint density at radius 3 is 1.12 bits per heavy atom. The Balaban J connectivity index is 1.44. The highest BCUT2D eigenvalue weighted by Gasteiger charge is 2.31. The number of rotatable bonds is 4. The first-order valence-electron chi connectivity index (χ1n) is 17.4. The third-order valence-corrected chi connectivity index (χ3v) is 10.1. The van der Waals surface area contributed by atoms with Crippen LogP contribution < -0.4 is 0 Å². The van der Waals surface area contributed by atoms with Crippen molar-refractivity contribution >= 4 is 45.3 Å². The van der Waals surface area contributed by atoms with E-state index in [0.29, 0.717) is 11.1 Å². The molecule has 4 aromatic carbocycles. The van der Waals surface area contributed by atoms with Gasteiger partial charge in [-0.15, -0.1) is 0 Å². The molecule has 4 aromatic heterocycles. The van der Waals surface area contributed by atoms with Crippen molar-refractivity contribution in [1.82, 2.24) is 19.9 Å². The quantitative estimate of drug-likeness (QED) is 0.0927. The second-order valence-corrected chi connectivity index (χ2v) is 13.5. The molecule has 0 spiro atoms. The maximum Gasteiger partial charge on any atom is 0.200 e. The number of halogens is 10. The number of aromatic nitrogens is 4. The Bertz CT molecular complexity index is 3120. The third kappa shape index (κ3) is 5.65. The highest BCUT2D eigenvalue weighted by molar-refractivity contribution is 6.01. The van der Waals surface area contributed by atoms with Crippen molar-refractivity contribution in [3.8, 4) is 44.5 Å². The van der Waals surface area contributed by atoms with Gasteiger partial charge in [0.05, 0.1) is 28.0 Å². The summed E-state index contributed by atoms with van der Waals surface area (Å²) < 4.78 is 150. The lowest BCUT2D eigenvalue weighted by Crippen LogP contribution is -2.05. The highest BCUT2D eigenvalue weighted by atomic mass is 19.2. The van der Waals surface area contributed by atoms with Gasteiger partial charge in [-0.1, -0.05) is 54.1 Å². The van der Waals surface area contributed by atoms with Gasteiger partial charge in [0, 0.05) is 44.3 Å². The van der Waals surface area contributed by atoms with Crippen molar-refractivity contribution < 1.29 is 43.9 Å². The van der Waals surface area contributed by atoms with Crippen LogP contribution in [0.1, 0.15) is 17.0 Å². The van der Waals surface area contributed by atoms with E-state index in [9.17, 15) is 26.3 Å². The second-order valence-electron chi connectivity index (χ2n) is 13.5. The third-order valence-electron chi connectivity index (χ3n) is 10.1. The molecule has 5 heterocycles. The van der Waals surface area contributed by atoms with E-state index in [1.54, 1.807) is 12.1 Å².